The minimum Gasteiger partial charge on any atom is -0.506 e. The molecular formula is C26H20FN7O3S. The molecule has 0 unspecified atom stereocenters. The third-order valence-electron chi connectivity index (χ3n) is 6.05. The lowest BCUT2D eigenvalue weighted by molar-refractivity contribution is 0.473. The zero-order chi connectivity index (χ0) is 26.4. The first-order chi connectivity index (χ1) is 18.2. The van der Waals surface area contributed by atoms with Crippen molar-refractivity contribution in [3.63, 3.8) is 0 Å². The summed E-state index contributed by atoms with van der Waals surface area (Å²) in [6.45, 7) is -0.0396. The highest BCUT2D eigenvalue weighted by Crippen LogP contribution is 2.34. The summed E-state index contributed by atoms with van der Waals surface area (Å²) in [5.74, 6) is -0.444. The Bertz CT molecular complexity index is 1950. The van der Waals surface area contributed by atoms with Crippen LogP contribution in [0.15, 0.2) is 67.3 Å². The van der Waals surface area contributed by atoms with Gasteiger partial charge in [-0.1, -0.05) is 0 Å². The van der Waals surface area contributed by atoms with Gasteiger partial charge in [0.25, 0.3) is 0 Å². The average Bonchev–Trinajstić information content (AvgIpc) is 3.50. The highest BCUT2D eigenvalue weighted by molar-refractivity contribution is 7.88. The van der Waals surface area contributed by atoms with Crippen LogP contribution in [0.1, 0.15) is 5.56 Å². The van der Waals surface area contributed by atoms with Gasteiger partial charge in [-0.2, -0.15) is 5.10 Å². The lowest BCUT2D eigenvalue weighted by Gasteiger charge is -2.08. The number of nitrogens with zero attached hydrogens (tertiary/aromatic N) is 4. The molecule has 0 bridgehead atoms. The van der Waals surface area contributed by atoms with Crippen LogP contribution >= 0.6 is 0 Å². The van der Waals surface area contributed by atoms with Crippen molar-refractivity contribution < 1.29 is 17.9 Å². The third-order valence-corrected chi connectivity index (χ3v) is 6.72. The van der Waals surface area contributed by atoms with Crippen LogP contribution in [0.4, 0.5) is 4.39 Å². The molecule has 6 rings (SSSR count). The first kappa shape index (κ1) is 23.7. The summed E-state index contributed by atoms with van der Waals surface area (Å²) < 4.78 is 39.9. The van der Waals surface area contributed by atoms with Crippen LogP contribution in [0.25, 0.3) is 55.7 Å². The maximum absolute atomic E-state index is 14.5. The van der Waals surface area contributed by atoms with Gasteiger partial charge in [-0.15, -0.1) is 0 Å². The number of pyridine rings is 3. The van der Waals surface area contributed by atoms with Crippen molar-refractivity contribution in [2.24, 2.45) is 0 Å². The Labute approximate surface area is 215 Å². The van der Waals surface area contributed by atoms with E-state index in [0.717, 1.165) is 33.8 Å². The van der Waals surface area contributed by atoms with E-state index in [1.54, 1.807) is 30.7 Å². The molecule has 0 fully saturated rings. The van der Waals surface area contributed by atoms with Gasteiger partial charge in [-0.05, 0) is 48.0 Å². The highest BCUT2D eigenvalue weighted by atomic mass is 32.2. The summed E-state index contributed by atoms with van der Waals surface area (Å²) in [7, 11) is -3.43. The number of halogens is 1. The second-order valence-corrected chi connectivity index (χ2v) is 10.7. The molecule has 190 valence electrons. The monoisotopic (exact) mass is 529 g/mol. The van der Waals surface area contributed by atoms with Gasteiger partial charge in [0, 0.05) is 58.1 Å². The lowest BCUT2D eigenvalue weighted by Crippen LogP contribution is -2.21. The molecule has 6 aromatic rings. The van der Waals surface area contributed by atoms with Crippen LogP contribution in [-0.2, 0) is 16.6 Å². The topological polar surface area (TPSA) is 150 Å². The lowest BCUT2D eigenvalue weighted by atomic mass is 10.0. The number of hydrogen-bond donors (Lipinski definition) is 4. The second kappa shape index (κ2) is 9.01. The Morgan fingerprint density at radius 1 is 0.974 bits per heavy atom. The van der Waals surface area contributed by atoms with E-state index in [9.17, 15) is 17.9 Å². The van der Waals surface area contributed by atoms with Crippen molar-refractivity contribution in [2.45, 2.75) is 6.54 Å². The fourth-order valence-corrected chi connectivity index (χ4v) is 4.80. The number of rotatable bonds is 6. The summed E-state index contributed by atoms with van der Waals surface area (Å²) in [6.07, 6.45) is 7.34. The van der Waals surface area contributed by atoms with Gasteiger partial charge in [0.05, 0.1) is 29.5 Å². The number of aromatic hydroxyl groups is 1. The SMILES string of the molecule is CS(=O)(=O)NCc1cc(F)cc(-c2nccc3[nH]c(-c4[nH]nc5ncc(-c6cncc(O)c6)cc45)cc23)c1. The first-order valence-electron chi connectivity index (χ1n) is 11.4. The van der Waals surface area contributed by atoms with Gasteiger partial charge in [-0.25, -0.2) is 22.5 Å². The van der Waals surface area contributed by atoms with Crippen LogP contribution < -0.4 is 4.72 Å². The van der Waals surface area contributed by atoms with Crippen molar-refractivity contribution in [1.29, 1.82) is 0 Å². The maximum Gasteiger partial charge on any atom is 0.209 e. The van der Waals surface area contributed by atoms with Gasteiger partial charge >= 0.3 is 0 Å². The number of sulfonamides is 1. The van der Waals surface area contributed by atoms with Crippen LogP contribution in [0.3, 0.4) is 0 Å². The Morgan fingerprint density at radius 3 is 2.63 bits per heavy atom. The fourth-order valence-electron chi connectivity index (χ4n) is 4.37. The predicted molar refractivity (Wildman–Crippen MR) is 141 cm³/mol. The van der Waals surface area contributed by atoms with Crippen molar-refractivity contribution in [3.05, 3.63) is 78.6 Å². The second-order valence-electron chi connectivity index (χ2n) is 8.87. The number of hydrogen-bond acceptors (Lipinski definition) is 7. The molecule has 0 aliphatic carbocycles. The molecule has 5 aromatic heterocycles. The highest BCUT2D eigenvalue weighted by Gasteiger charge is 2.16. The van der Waals surface area contributed by atoms with Crippen molar-refractivity contribution >= 4 is 32.0 Å². The zero-order valence-corrected chi connectivity index (χ0v) is 20.7. The van der Waals surface area contributed by atoms with E-state index in [0.29, 0.717) is 33.7 Å². The number of nitrogens with one attached hydrogen (secondary N) is 3. The number of aromatic amines is 2. The molecule has 1 aromatic carbocycles. The Kier molecular flexibility index (Phi) is 5.62. The largest absolute Gasteiger partial charge is 0.506 e. The molecule has 5 heterocycles. The Morgan fingerprint density at radius 2 is 1.82 bits per heavy atom. The number of H-pyrrole nitrogens is 2. The standard InChI is InChI=1S/C26H20FN7O3S/c1-38(36,37)31-10-14-4-15(6-18(27)5-14)24-20-9-23(32-22(20)2-3-29-24)25-21-8-17(12-30-26(21)34-33-25)16-7-19(35)13-28-11-16/h2-9,11-13,31-32,35H,10H2,1H3,(H,30,33,34). The van der Waals surface area contributed by atoms with Crippen LogP contribution in [0.2, 0.25) is 0 Å². The summed E-state index contributed by atoms with van der Waals surface area (Å²) in [4.78, 5) is 16.3. The van der Waals surface area contributed by atoms with E-state index in [1.165, 1.54) is 18.3 Å². The summed E-state index contributed by atoms with van der Waals surface area (Å²) in [5, 5.41) is 18.7. The molecule has 12 heteroatoms. The number of benzene rings is 1. The van der Waals surface area contributed by atoms with E-state index < -0.39 is 15.8 Å². The zero-order valence-electron chi connectivity index (χ0n) is 19.9. The molecule has 10 nitrogen and oxygen atoms in total. The molecule has 0 amide bonds. The van der Waals surface area contributed by atoms with E-state index in [2.05, 4.69) is 34.9 Å². The molecule has 0 aliphatic heterocycles. The Hall–Kier alpha value is -4.68. The van der Waals surface area contributed by atoms with Gasteiger partial charge in [0.2, 0.25) is 10.0 Å². The summed E-state index contributed by atoms with van der Waals surface area (Å²) in [6, 6.07) is 11.6. The third kappa shape index (κ3) is 4.58. The predicted octanol–water partition coefficient (Wildman–Crippen LogP) is 4.12. The minimum absolute atomic E-state index is 0.0396. The average molecular weight is 530 g/mol. The Balaban J connectivity index is 1.43. The molecule has 0 radical (unpaired) electrons. The van der Waals surface area contributed by atoms with Gasteiger partial charge in [-0.3, -0.25) is 15.1 Å². The summed E-state index contributed by atoms with van der Waals surface area (Å²) >= 11 is 0. The van der Waals surface area contributed by atoms with Gasteiger partial charge < -0.3 is 10.1 Å². The first-order valence-corrected chi connectivity index (χ1v) is 13.3. The van der Waals surface area contributed by atoms with Crippen molar-refractivity contribution in [1.82, 2.24) is 34.9 Å². The molecule has 0 aliphatic rings. The van der Waals surface area contributed by atoms with Crippen LogP contribution in [0, 0.1) is 5.82 Å². The normalized spacial score (nSPS) is 11.9. The van der Waals surface area contributed by atoms with Crippen molar-refractivity contribution in [3.8, 4) is 39.5 Å². The number of fused-ring (bicyclic) bond motifs is 2. The fraction of sp³-hybridized carbons (Fsp3) is 0.0769. The molecule has 4 N–H and O–H groups in total. The van der Waals surface area contributed by atoms with Crippen LogP contribution in [0.5, 0.6) is 5.75 Å². The van der Waals surface area contributed by atoms with Crippen LogP contribution in [-0.4, -0.2) is 49.9 Å². The molecule has 0 saturated heterocycles. The van der Waals surface area contributed by atoms with E-state index in [-0.39, 0.29) is 12.3 Å². The van der Waals surface area contributed by atoms with E-state index in [1.807, 2.05) is 18.2 Å². The molecule has 0 saturated carbocycles. The quantitative estimate of drug-likeness (QED) is 0.253. The van der Waals surface area contributed by atoms with Crippen molar-refractivity contribution in [2.75, 3.05) is 6.26 Å². The van der Waals surface area contributed by atoms with E-state index in [4.69, 9.17) is 0 Å². The maximum atomic E-state index is 14.5. The molecule has 0 spiro atoms. The smallest absolute Gasteiger partial charge is 0.209 e. The molecule has 0 atom stereocenters. The molecule has 38 heavy (non-hydrogen) atoms. The summed E-state index contributed by atoms with van der Waals surface area (Å²) in [5.41, 5.74) is 5.71. The van der Waals surface area contributed by atoms with Gasteiger partial charge in [0.15, 0.2) is 5.65 Å². The number of aromatic nitrogens is 6. The molecular weight excluding hydrogens is 509 g/mol. The van der Waals surface area contributed by atoms with Gasteiger partial charge in [0.1, 0.15) is 11.6 Å². The van der Waals surface area contributed by atoms with E-state index >= 15 is 0 Å². The minimum atomic E-state index is -3.43.